The third-order valence-electron chi connectivity index (χ3n) is 3.58. The number of hydrogen-bond acceptors (Lipinski definition) is 2. The second kappa shape index (κ2) is 9.87. The monoisotopic (exact) mass is 374 g/mol. The van der Waals surface area contributed by atoms with E-state index in [2.05, 4.69) is 10.6 Å². The van der Waals surface area contributed by atoms with E-state index in [1.54, 1.807) is 18.2 Å². The summed E-state index contributed by atoms with van der Waals surface area (Å²) >= 11 is 12.1. The predicted molar refractivity (Wildman–Crippen MR) is 97.5 cm³/mol. The first-order valence-corrected chi connectivity index (χ1v) is 8.85. The zero-order valence-corrected chi connectivity index (χ0v) is 16.1. The first kappa shape index (κ1) is 20.7. The Balaban J connectivity index is 2.58. The molecule has 24 heavy (non-hydrogen) atoms. The van der Waals surface area contributed by atoms with Gasteiger partial charge in [0.1, 0.15) is 0 Å². The second-order valence-corrected chi connectivity index (χ2v) is 6.98. The van der Waals surface area contributed by atoms with Gasteiger partial charge in [0.15, 0.2) is 13.1 Å². The minimum Gasteiger partial charge on any atom is -0.349 e. The van der Waals surface area contributed by atoms with Gasteiger partial charge in [-0.15, -0.1) is 0 Å². The van der Waals surface area contributed by atoms with E-state index in [9.17, 15) is 9.59 Å². The maximum absolute atomic E-state index is 12.2. The van der Waals surface area contributed by atoms with Gasteiger partial charge in [-0.1, -0.05) is 29.3 Å². The zero-order valence-electron chi connectivity index (χ0n) is 14.6. The molecular formula is C17H26Cl2N3O2+. The molecule has 0 fully saturated rings. The van der Waals surface area contributed by atoms with Crippen LogP contribution < -0.4 is 15.5 Å². The molecule has 1 aromatic carbocycles. The molecule has 0 heterocycles. The van der Waals surface area contributed by atoms with Crippen LogP contribution in [0.15, 0.2) is 18.2 Å². The number of amides is 2. The minimum atomic E-state index is -0.232. The average molecular weight is 375 g/mol. The van der Waals surface area contributed by atoms with Crippen molar-refractivity contribution in [3.05, 3.63) is 33.8 Å². The Morgan fingerprint density at radius 3 is 2.17 bits per heavy atom. The average Bonchev–Trinajstić information content (AvgIpc) is 2.45. The molecule has 1 rings (SSSR count). The van der Waals surface area contributed by atoms with Crippen LogP contribution in [0.3, 0.4) is 0 Å². The van der Waals surface area contributed by atoms with Crippen LogP contribution in [0, 0.1) is 0 Å². The Morgan fingerprint density at radius 2 is 1.67 bits per heavy atom. The van der Waals surface area contributed by atoms with Gasteiger partial charge in [-0.25, -0.2) is 0 Å². The number of likely N-dealkylation sites (N-methyl/N-ethyl adjacent to an activating group) is 1. The minimum absolute atomic E-state index is 0.0524. The molecule has 0 spiro atoms. The molecule has 0 aliphatic carbocycles. The van der Waals surface area contributed by atoms with E-state index in [1.165, 1.54) is 0 Å². The number of halogens is 2. The fourth-order valence-corrected chi connectivity index (χ4v) is 2.93. The van der Waals surface area contributed by atoms with Crippen molar-refractivity contribution >= 4 is 35.0 Å². The molecule has 134 valence electrons. The van der Waals surface area contributed by atoms with Gasteiger partial charge in [-0.2, -0.15) is 0 Å². The van der Waals surface area contributed by atoms with Crippen LogP contribution in [-0.2, 0) is 9.59 Å². The van der Waals surface area contributed by atoms with Gasteiger partial charge in [-0.3, -0.25) is 9.59 Å². The normalized spacial score (nSPS) is 13.5. The second-order valence-electron chi connectivity index (χ2n) is 6.13. The van der Waals surface area contributed by atoms with Crippen molar-refractivity contribution < 1.29 is 14.5 Å². The first-order valence-electron chi connectivity index (χ1n) is 8.10. The maximum Gasteiger partial charge on any atom is 0.275 e. The topological polar surface area (TPSA) is 62.6 Å². The van der Waals surface area contributed by atoms with E-state index < -0.39 is 0 Å². The van der Waals surface area contributed by atoms with Gasteiger partial charge in [-0.05, 0) is 45.4 Å². The van der Waals surface area contributed by atoms with Crippen LogP contribution in [0.4, 0.5) is 0 Å². The summed E-state index contributed by atoms with van der Waals surface area (Å²) in [6, 6.07) is 5.06. The zero-order chi connectivity index (χ0) is 18.3. The van der Waals surface area contributed by atoms with Crippen LogP contribution in [0.1, 0.15) is 39.3 Å². The van der Waals surface area contributed by atoms with Crippen LogP contribution >= 0.6 is 23.2 Å². The molecule has 1 unspecified atom stereocenters. The fraction of sp³-hybridized carbons (Fsp3) is 0.529. The standard InChI is InChI=1S/C17H25Cl2N3O2/c1-5-22(9-16(23)20-11(2)3)10-17(24)21-12(4)14-7-6-13(18)8-15(14)19/h6-8,11-12H,5,9-10H2,1-4H3,(H,20,23)(H,21,24)/p+1/t12-/m1/s1. The fourth-order valence-electron chi connectivity index (χ4n) is 2.36. The van der Waals surface area contributed by atoms with Crippen LogP contribution in [0.5, 0.6) is 0 Å². The Labute approximate surface area is 153 Å². The molecule has 7 heteroatoms. The quantitative estimate of drug-likeness (QED) is 0.646. The first-order chi connectivity index (χ1) is 11.2. The molecule has 2 atom stereocenters. The number of benzene rings is 1. The summed E-state index contributed by atoms with van der Waals surface area (Å²) in [6.45, 7) is 8.83. The molecule has 3 N–H and O–H groups in total. The summed E-state index contributed by atoms with van der Waals surface area (Å²) in [4.78, 5) is 25.0. The van der Waals surface area contributed by atoms with E-state index in [-0.39, 0.29) is 37.0 Å². The SMILES string of the molecule is CC[NH+](CC(=O)NC(C)C)CC(=O)N[C@H](C)c1ccc(Cl)cc1Cl. The van der Waals surface area contributed by atoms with Gasteiger partial charge >= 0.3 is 0 Å². The van der Waals surface area contributed by atoms with E-state index >= 15 is 0 Å². The lowest BCUT2D eigenvalue weighted by atomic mass is 10.1. The number of hydrogen-bond donors (Lipinski definition) is 3. The van der Waals surface area contributed by atoms with Crippen LogP contribution in [0.2, 0.25) is 10.0 Å². The molecular weight excluding hydrogens is 349 g/mol. The largest absolute Gasteiger partial charge is 0.349 e. The summed E-state index contributed by atoms with van der Waals surface area (Å²) in [5.41, 5.74) is 0.810. The molecule has 5 nitrogen and oxygen atoms in total. The highest BCUT2D eigenvalue weighted by Crippen LogP contribution is 2.25. The molecule has 0 aliphatic heterocycles. The highest BCUT2D eigenvalue weighted by molar-refractivity contribution is 6.35. The summed E-state index contributed by atoms with van der Waals surface area (Å²) in [5, 5.41) is 6.83. The molecule has 2 amide bonds. The number of quaternary nitrogens is 1. The summed E-state index contributed by atoms with van der Waals surface area (Å²) < 4.78 is 0. The van der Waals surface area contributed by atoms with Crippen molar-refractivity contribution in [2.45, 2.75) is 39.8 Å². The lowest BCUT2D eigenvalue weighted by molar-refractivity contribution is -0.881. The number of carbonyl (C=O) groups excluding carboxylic acids is 2. The Bertz CT molecular complexity index is 579. The van der Waals surface area contributed by atoms with E-state index in [0.717, 1.165) is 10.5 Å². The Morgan fingerprint density at radius 1 is 1.08 bits per heavy atom. The molecule has 1 aromatic rings. The van der Waals surface area contributed by atoms with Crippen LogP contribution in [-0.4, -0.2) is 37.5 Å². The van der Waals surface area contributed by atoms with Crippen molar-refractivity contribution in [3.8, 4) is 0 Å². The highest BCUT2D eigenvalue weighted by Gasteiger charge is 2.19. The van der Waals surface area contributed by atoms with Crippen molar-refractivity contribution in [2.24, 2.45) is 0 Å². The van der Waals surface area contributed by atoms with Crippen molar-refractivity contribution in [2.75, 3.05) is 19.6 Å². The maximum atomic E-state index is 12.2. The summed E-state index contributed by atoms with van der Waals surface area (Å²) in [6.07, 6.45) is 0. The number of rotatable bonds is 8. The summed E-state index contributed by atoms with van der Waals surface area (Å²) in [7, 11) is 0. The van der Waals surface area contributed by atoms with E-state index in [1.807, 2.05) is 27.7 Å². The third kappa shape index (κ3) is 7.07. The van der Waals surface area contributed by atoms with Gasteiger partial charge < -0.3 is 15.5 Å². The van der Waals surface area contributed by atoms with E-state index in [0.29, 0.717) is 16.6 Å². The van der Waals surface area contributed by atoms with Gasteiger partial charge in [0.2, 0.25) is 0 Å². The van der Waals surface area contributed by atoms with Crippen molar-refractivity contribution in [3.63, 3.8) is 0 Å². The van der Waals surface area contributed by atoms with Gasteiger partial charge in [0.05, 0.1) is 12.6 Å². The molecule has 0 radical (unpaired) electrons. The van der Waals surface area contributed by atoms with Crippen molar-refractivity contribution in [1.29, 1.82) is 0 Å². The molecule has 0 bridgehead atoms. The Kier molecular flexibility index (Phi) is 8.53. The highest BCUT2D eigenvalue weighted by atomic mass is 35.5. The molecule has 0 saturated heterocycles. The molecule has 0 saturated carbocycles. The van der Waals surface area contributed by atoms with Gasteiger partial charge in [0.25, 0.3) is 11.8 Å². The van der Waals surface area contributed by atoms with Crippen LogP contribution in [0.25, 0.3) is 0 Å². The lowest BCUT2D eigenvalue weighted by Gasteiger charge is -2.20. The van der Waals surface area contributed by atoms with Crippen molar-refractivity contribution in [1.82, 2.24) is 10.6 Å². The number of nitrogens with one attached hydrogen (secondary N) is 3. The smallest absolute Gasteiger partial charge is 0.275 e. The summed E-state index contributed by atoms with van der Waals surface area (Å²) in [5.74, 6) is -0.175. The van der Waals surface area contributed by atoms with Gasteiger partial charge in [0, 0.05) is 16.1 Å². The lowest BCUT2D eigenvalue weighted by Crippen LogP contribution is -3.14. The third-order valence-corrected chi connectivity index (χ3v) is 4.14. The molecule has 0 aliphatic rings. The number of carbonyl (C=O) groups is 2. The molecule has 0 aromatic heterocycles. The van der Waals surface area contributed by atoms with E-state index in [4.69, 9.17) is 23.2 Å². The Hall–Kier alpha value is -1.30. The predicted octanol–water partition coefficient (Wildman–Crippen LogP) is 1.60.